The smallest absolute Gasteiger partial charge is 0.253 e. The quantitative estimate of drug-likeness (QED) is 0.589. The van der Waals surface area contributed by atoms with Gasteiger partial charge in [-0.15, -0.1) is 11.3 Å². The van der Waals surface area contributed by atoms with Crippen molar-refractivity contribution in [2.45, 2.75) is 25.3 Å². The molecule has 2 aromatic rings. The lowest BCUT2D eigenvalue weighted by molar-refractivity contribution is 0.0786. The first kappa shape index (κ1) is 21.4. The van der Waals surface area contributed by atoms with E-state index >= 15 is 0 Å². The summed E-state index contributed by atoms with van der Waals surface area (Å²) in [5.41, 5.74) is 0.290. The first-order valence-corrected chi connectivity index (χ1v) is 11.4. The Morgan fingerprint density at radius 1 is 1.19 bits per heavy atom. The second kappa shape index (κ2) is 8.84. The van der Waals surface area contributed by atoms with Crippen LogP contribution in [0.4, 0.5) is 0 Å². The summed E-state index contributed by atoms with van der Waals surface area (Å²) in [6.45, 7) is 4.63. The van der Waals surface area contributed by atoms with Gasteiger partial charge in [-0.3, -0.25) is 4.79 Å². The minimum Gasteiger partial charge on any atom is -0.337 e. The van der Waals surface area contributed by atoms with Gasteiger partial charge in [0.2, 0.25) is 10.0 Å². The van der Waals surface area contributed by atoms with E-state index in [1.165, 1.54) is 16.4 Å². The number of carbonyl (C=O) groups excluding carboxylic acids is 1. The maximum Gasteiger partial charge on any atom is 0.253 e. The van der Waals surface area contributed by atoms with Gasteiger partial charge in [0.15, 0.2) is 0 Å². The van der Waals surface area contributed by atoms with Crippen molar-refractivity contribution in [3.8, 4) is 0 Å². The second-order valence-corrected chi connectivity index (χ2v) is 10.5. The molecule has 0 saturated carbocycles. The summed E-state index contributed by atoms with van der Waals surface area (Å²) in [7, 11) is -2.06. The number of amides is 1. The highest BCUT2D eigenvalue weighted by atomic mass is 79.9. The van der Waals surface area contributed by atoms with Gasteiger partial charge in [0.05, 0.1) is 15.4 Å². The predicted molar refractivity (Wildman–Crippen MR) is 109 cm³/mol. The molecule has 0 saturated heterocycles. The minimum absolute atomic E-state index is 0.0408. The number of sulfonamides is 1. The fraction of sp³-hybridized carbons (Fsp3) is 0.353. The molecule has 1 amide bonds. The number of thiophene rings is 1. The van der Waals surface area contributed by atoms with Gasteiger partial charge in [-0.2, -0.15) is 4.31 Å². The summed E-state index contributed by atoms with van der Waals surface area (Å²) in [4.78, 5) is 15.3. The molecule has 2 rings (SSSR count). The van der Waals surface area contributed by atoms with Crippen molar-refractivity contribution in [1.29, 1.82) is 0 Å². The molecule has 1 aromatic carbocycles. The fourth-order valence-corrected chi connectivity index (χ4v) is 5.99. The largest absolute Gasteiger partial charge is 0.337 e. The molecule has 0 bridgehead atoms. The van der Waals surface area contributed by atoms with Crippen LogP contribution in [-0.4, -0.2) is 43.7 Å². The molecule has 1 heterocycles. The van der Waals surface area contributed by atoms with Crippen molar-refractivity contribution < 1.29 is 13.2 Å². The van der Waals surface area contributed by atoms with Crippen LogP contribution in [0.15, 0.2) is 39.0 Å². The lowest BCUT2D eigenvalue weighted by Gasteiger charge is -2.21. The summed E-state index contributed by atoms with van der Waals surface area (Å²) in [6.07, 6.45) is 0. The lowest BCUT2D eigenvalue weighted by atomic mass is 10.2. The maximum absolute atomic E-state index is 12.8. The standard InChI is InChI=1S/C17H20BrClN2O3S2/c1-4-21(5-2)26(23,24)15-10-12(6-8-14(15)19)17(22)20(3)11-13-7-9-16(18)25-13/h6-10H,4-5,11H2,1-3H3. The molecule has 0 aliphatic rings. The van der Waals surface area contributed by atoms with Gasteiger partial charge in [0.1, 0.15) is 4.90 Å². The number of benzene rings is 1. The van der Waals surface area contributed by atoms with Gasteiger partial charge in [-0.05, 0) is 46.3 Å². The lowest BCUT2D eigenvalue weighted by Crippen LogP contribution is -2.31. The Bertz CT molecular complexity index is 895. The molecular formula is C17H20BrClN2O3S2. The SMILES string of the molecule is CCN(CC)S(=O)(=O)c1cc(C(=O)N(C)Cc2ccc(Br)s2)ccc1Cl. The number of hydrogen-bond acceptors (Lipinski definition) is 4. The molecule has 26 heavy (non-hydrogen) atoms. The molecule has 0 aliphatic carbocycles. The van der Waals surface area contributed by atoms with E-state index in [1.54, 1.807) is 43.2 Å². The van der Waals surface area contributed by atoms with E-state index in [0.29, 0.717) is 25.2 Å². The fourth-order valence-electron chi connectivity index (χ4n) is 2.50. The summed E-state index contributed by atoms with van der Waals surface area (Å²) in [6, 6.07) is 8.23. The van der Waals surface area contributed by atoms with E-state index < -0.39 is 10.0 Å². The van der Waals surface area contributed by atoms with E-state index in [4.69, 9.17) is 11.6 Å². The van der Waals surface area contributed by atoms with Crippen LogP contribution in [0.5, 0.6) is 0 Å². The zero-order chi connectivity index (χ0) is 19.5. The van der Waals surface area contributed by atoms with Crippen molar-refractivity contribution in [2.24, 2.45) is 0 Å². The van der Waals surface area contributed by atoms with Crippen molar-refractivity contribution >= 4 is 54.8 Å². The topological polar surface area (TPSA) is 57.7 Å². The second-order valence-electron chi connectivity index (χ2n) is 5.60. The number of nitrogens with zero attached hydrogens (tertiary/aromatic N) is 2. The molecule has 9 heteroatoms. The molecular weight excluding hydrogens is 460 g/mol. The van der Waals surface area contributed by atoms with E-state index in [-0.39, 0.29) is 15.8 Å². The molecule has 0 aliphatic heterocycles. The Hall–Kier alpha value is -0.930. The van der Waals surface area contributed by atoms with Crippen LogP contribution >= 0.6 is 38.9 Å². The summed E-state index contributed by atoms with van der Waals surface area (Å²) in [5.74, 6) is -0.262. The number of carbonyl (C=O) groups is 1. The van der Waals surface area contributed by atoms with E-state index in [0.717, 1.165) is 8.66 Å². The van der Waals surface area contributed by atoms with Gasteiger partial charge in [-0.1, -0.05) is 25.4 Å². The average Bonchev–Trinajstić information content (AvgIpc) is 3.00. The Morgan fingerprint density at radius 3 is 2.38 bits per heavy atom. The van der Waals surface area contributed by atoms with Gasteiger partial charge < -0.3 is 4.90 Å². The molecule has 0 fully saturated rings. The van der Waals surface area contributed by atoms with Crippen LogP contribution in [0.2, 0.25) is 5.02 Å². The molecule has 0 atom stereocenters. The van der Waals surface area contributed by atoms with Crippen LogP contribution < -0.4 is 0 Å². The van der Waals surface area contributed by atoms with E-state index in [1.807, 2.05) is 12.1 Å². The normalized spacial score (nSPS) is 11.8. The zero-order valence-corrected chi connectivity index (χ0v) is 18.7. The van der Waals surface area contributed by atoms with Crippen LogP contribution in [-0.2, 0) is 16.6 Å². The molecule has 142 valence electrons. The Kier molecular flexibility index (Phi) is 7.27. The summed E-state index contributed by atoms with van der Waals surface area (Å²) < 4.78 is 27.8. The number of hydrogen-bond donors (Lipinski definition) is 0. The highest BCUT2D eigenvalue weighted by Crippen LogP contribution is 2.27. The molecule has 5 nitrogen and oxygen atoms in total. The van der Waals surface area contributed by atoms with Gasteiger partial charge in [0, 0.05) is 30.6 Å². The van der Waals surface area contributed by atoms with Crippen molar-refractivity contribution in [1.82, 2.24) is 9.21 Å². The highest BCUT2D eigenvalue weighted by Gasteiger charge is 2.26. The average molecular weight is 480 g/mol. The Balaban J connectivity index is 2.32. The van der Waals surface area contributed by atoms with E-state index in [9.17, 15) is 13.2 Å². The third-order valence-corrected chi connectivity index (χ3v) is 8.01. The van der Waals surface area contributed by atoms with Crippen molar-refractivity contribution in [3.05, 3.63) is 49.6 Å². The monoisotopic (exact) mass is 478 g/mol. The predicted octanol–water partition coefficient (Wildman–Crippen LogP) is 4.47. The van der Waals surface area contributed by atoms with Gasteiger partial charge >= 0.3 is 0 Å². The minimum atomic E-state index is -3.74. The Labute approximate surface area is 171 Å². The highest BCUT2D eigenvalue weighted by molar-refractivity contribution is 9.11. The first-order chi connectivity index (χ1) is 12.2. The van der Waals surface area contributed by atoms with Crippen LogP contribution in [0.25, 0.3) is 0 Å². The molecule has 0 unspecified atom stereocenters. The molecule has 0 N–H and O–H groups in total. The third-order valence-electron chi connectivity index (χ3n) is 3.87. The number of halogens is 2. The zero-order valence-electron chi connectivity index (χ0n) is 14.7. The summed E-state index contributed by atoms with van der Waals surface area (Å²) >= 11 is 11.1. The van der Waals surface area contributed by atoms with Crippen LogP contribution in [0.1, 0.15) is 29.1 Å². The van der Waals surface area contributed by atoms with Crippen molar-refractivity contribution in [2.75, 3.05) is 20.1 Å². The van der Waals surface area contributed by atoms with Gasteiger partial charge in [0.25, 0.3) is 5.91 Å². The maximum atomic E-state index is 12.8. The number of rotatable bonds is 7. The molecule has 0 radical (unpaired) electrons. The molecule has 0 spiro atoms. The van der Waals surface area contributed by atoms with Crippen LogP contribution in [0.3, 0.4) is 0 Å². The van der Waals surface area contributed by atoms with E-state index in [2.05, 4.69) is 15.9 Å². The van der Waals surface area contributed by atoms with Crippen molar-refractivity contribution in [3.63, 3.8) is 0 Å². The third kappa shape index (κ3) is 4.67. The first-order valence-electron chi connectivity index (χ1n) is 8.00. The van der Waals surface area contributed by atoms with Gasteiger partial charge in [-0.25, -0.2) is 8.42 Å². The van der Waals surface area contributed by atoms with Crippen LogP contribution in [0, 0.1) is 0 Å². The Morgan fingerprint density at radius 2 is 1.85 bits per heavy atom. The summed E-state index contributed by atoms with van der Waals surface area (Å²) in [5, 5.41) is 0.110. The molecule has 1 aromatic heterocycles.